The first-order valence-electron chi connectivity index (χ1n) is 5.65. The minimum atomic E-state index is 0.822. The number of halogens is 2. The molecule has 1 heterocycles. The summed E-state index contributed by atoms with van der Waals surface area (Å²) in [5, 5.41) is 5.70. The standard InChI is InChI=1S/C14H9BrIN3/c15-11-5-6-13(10-4-2-1-3-9(10)11)19-14-12(16)7-17-8-18-14/h1-8H,(H,17,18,19). The smallest absolute Gasteiger partial charge is 0.147 e. The van der Waals surface area contributed by atoms with Gasteiger partial charge in [0.05, 0.1) is 3.57 Å². The summed E-state index contributed by atoms with van der Waals surface area (Å²) in [6.07, 6.45) is 3.34. The van der Waals surface area contributed by atoms with Crippen LogP contribution >= 0.6 is 38.5 Å². The summed E-state index contributed by atoms with van der Waals surface area (Å²) in [5.41, 5.74) is 1.04. The SMILES string of the molecule is Brc1ccc(Nc2ncncc2I)c2ccccc12. The van der Waals surface area contributed by atoms with Crippen LogP contribution in [-0.2, 0) is 0 Å². The Morgan fingerprint density at radius 1 is 1.05 bits per heavy atom. The Hall–Kier alpha value is -1.21. The highest BCUT2D eigenvalue weighted by Gasteiger charge is 2.06. The molecule has 0 saturated carbocycles. The van der Waals surface area contributed by atoms with Crippen LogP contribution in [-0.4, -0.2) is 9.97 Å². The average molecular weight is 426 g/mol. The van der Waals surface area contributed by atoms with Gasteiger partial charge in [-0.2, -0.15) is 0 Å². The van der Waals surface area contributed by atoms with Crippen molar-refractivity contribution in [3.63, 3.8) is 0 Å². The molecule has 0 aliphatic carbocycles. The fraction of sp³-hybridized carbons (Fsp3) is 0. The summed E-state index contributed by atoms with van der Waals surface area (Å²) < 4.78 is 2.08. The third kappa shape index (κ3) is 2.57. The number of nitrogens with one attached hydrogen (secondary N) is 1. The molecule has 0 saturated heterocycles. The number of hydrogen-bond donors (Lipinski definition) is 1. The van der Waals surface area contributed by atoms with Crippen LogP contribution in [0.5, 0.6) is 0 Å². The Bertz CT molecular complexity index is 746. The first-order chi connectivity index (χ1) is 9.25. The Kier molecular flexibility index (Phi) is 3.65. The molecule has 19 heavy (non-hydrogen) atoms. The number of aromatic nitrogens is 2. The zero-order chi connectivity index (χ0) is 13.2. The number of rotatable bonds is 2. The van der Waals surface area contributed by atoms with E-state index in [-0.39, 0.29) is 0 Å². The highest BCUT2D eigenvalue weighted by atomic mass is 127. The number of fused-ring (bicyclic) bond motifs is 1. The highest BCUT2D eigenvalue weighted by molar-refractivity contribution is 14.1. The maximum Gasteiger partial charge on any atom is 0.147 e. The maximum absolute atomic E-state index is 4.26. The van der Waals surface area contributed by atoms with Gasteiger partial charge in [0.15, 0.2) is 0 Å². The Balaban J connectivity index is 2.12. The van der Waals surface area contributed by atoms with Crippen molar-refractivity contribution in [1.82, 2.24) is 9.97 Å². The molecule has 0 unspecified atom stereocenters. The van der Waals surface area contributed by atoms with Gasteiger partial charge in [0.25, 0.3) is 0 Å². The van der Waals surface area contributed by atoms with Crippen LogP contribution in [0.2, 0.25) is 0 Å². The molecular weight excluding hydrogens is 417 g/mol. The summed E-state index contributed by atoms with van der Waals surface area (Å²) in [7, 11) is 0. The van der Waals surface area contributed by atoms with Gasteiger partial charge in [-0.05, 0) is 40.1 Å². The van der Waals surface area contributed by atoms with Crippen LogP contribution in [0.25, 0.3) is 10.8 Å². The molecule has 3 aromatic rings. The van der Waals surface area contributed by atoms with Crippen molar-refractivity contribution in [2.75, 3.05) is 5.32 Å². The molecule has 0 amide bonds. The number of anilines is 2. The zero-order valence-electron chi connectivity index (χ0n) is 9.77. The number of hydrogen-bond acceptors (Lipinski definition) is 3. The molecule has 0 spiro atoms. The summed E-state index contributed by atoms with van der Waals surface area (Å²) in [6, 6.07) is 12.3. The molecule has 0 bridgehead atoms. The van der Waals surface area contributed by atoms with E-state index in [1.54, 1.807) is 12.5 Å². The molecule has 0 aliphatic heterocycles. The molecule has 0 radical (unpaired) electrons. The lowest BCUT2D eigenvalue weighted by atomic mass is 10.1. The van der Waals surface area contributed by atoms with Crippen molar-refractivity contribution in [2.45, 2.75) is 0 Å². The first-order valence-corrected chi connectivity index (χ1v) is 7.52. The van der Waals surface area contributed by atoms with Crippen LogP contribution in [0.15, 0.2) is 53.4 Å². The molecule has 1 N–H and O–H groups in total. The quantitative estimate of drug-likeness (QED) is 0.602. The normalized spacial score (nSPS) is 10.6. The van der Waals surface area contributed by atoms with Crippen molar-refractivity contribution in [1.29, 1.82) is 0 Å². The van der Waals surface area contributed by atoms with E-state index in [0.717, 1.165) is 24.9 Å². The van der Waals surface area contributed by atoms with Crippen molar-refractivity contribution >= 4 is 60.8 Å². The van der Waals surface area contributed by atoms with Crippen molar-refractivity contribution in [3.05, 3.63) is 57.0 Å². The van der Waals surface area contributed by atoms with Gasteiger partial charge in [-0.1, -0.05) is 40.2 Å². The number of benzene rings is 2. The van der Waals surface area contributed by atoms with E-state index in [1.807, 2.05) is 24.3 Å². The van der Waals surface area contributed by atoms with Gasteiger partial charge in [0, 0.05) is 21.7 Å². The van der Waals surface area contributed by atoms with E-state index in [1.165, 1.54) is 5.39 Å². The van der Waals surface area contributed by atoms with E-state index in [9.17, 15) is 0 Å². The molecule has 0 aliphatic rings. The van der Waals surface area contributed by atoms with Gasteiger partial charge in [-0.3, -0.25) is 0 Å². The minimum Gasteiger partial charge on any atom is -0.339 e. The zero-order valence-corrected chi connectivity index (χ0v) is 13.5. The largest absolute Gasteiger partial charge is 0.339 e. The summed E-state index contributed by atoms with van der Waals surface area (Å²) in [5.74, 6) is 0.822. The van der Waals surface area contributed by atoms with Gasteiger partial charge in [-0.15, -0.1) is 0 Å². The molecule has 2 aromatic carbocycles. The summed E-state index contributed by atoms with van der Waals surface area (Å²) in [6.45, 7) is 0. The maximum atomic E-state index is 4.26. The molecule has 5 heteroatoms. The summed E-state index contributed by atoms with van der Waals surface area (Å²) in [4.78, 5) is 8.26. The van der Waals surface area contributed by atoms with E-state index >= 15 is 0 Å². The lowest BCUT2D eigenvalue weighted by Crippen LogP contribution is -1.97. The molecule has 94 valence electrons. The Labute approximate surface area is 132 Å². The minimum absolute atomic E-state index is 0.822. The second-order valence-electron chi connectivity index (χ2n) is 3.98. The third-order valence-electron chi connectivity index (χ3n) is 2.79. The van der Waals surface area contributed by atoms with E-state index < -0.39 is 0 Å². The second-order valence-corrected chi connectivity index (χ2v) is 6.00. The van der Waals surface area contributed by atoms with Crippen LogP contribution < -0.4 is 5.32 Å². The van der Waals surface area contributed by atoms with Crippen molar-refractivity contribution < 1.29 is 0 Å². The van der Waals surface area contributed by atoms with E-state index in [0.29, 0.717) is 0 Å². The second kappa shape index (κ2) is 5.42. The van der Waals surface area contributed by atoms with Crippen molar-refractivity contribution in [2.24, 2.45) is 0 Å². The topological polar surface area (TPSA) is 37.8 Å². The van der Waals surface area contributed by atoms with Crippen LogP contribution in [0.4, 0.5) is 11.5 Å². The van der Waals surface area contributed by atoms with E-state index in [2.05, 4.69) is 65.9 Å². The van der Waals surface area contributed by atoms with Gasteiger partial charge in [0.1, 0.15) is 12.1 Å². The van der Waals surface area contributed by atoms with Crippen molar-refractivity contribution in [3.8, 4) is 0 Å². The fourth-order valence-corrected chi connectivity index (χ4v) is 2.82. The third-order valence-corrected chi connectivity index (χ3v) is 4.27. The van der Waals surface area contributed by atoms with Crippen LogP contribution in [0.3, 0.4) is 0 Å². The highest BCUT2D eigenvalue weighted by Crippen LogP contribution is 2.31. The lowest BCUT2D eigenvalue weighted by Gasteiger charge is -2.11. The monoisotopic (exact) mass is 425 g/mol. The lowest BCUT2D eigenvalue weighted by molar-refractivity contribution is 1.15. The molecule has 3 nitrogen and oxygen atoms in total. The predicted molar refractivity (Wildman–Crippen MR) is 89.7 cm³/mol. The Morgan fingerprint density at radius 2 is 1.84 bits per heavy atom. The Morgan fingerprint density at radius 3 is 2.63 bits per heavy atom. The van der Waals surface area contributed by atoms with Gasteiger partial charge >= 0.3 is 0 Å². The van der Waals surface area contributed by atoms with Gasteiger partial charge < -0.3 is 5.32 Å². The van der Waals surface area contributed by atoms with Crippen LogP contribution in [0.1, 0.15) is 0 Å². The molecular formula is C14H9BrIN3. The fourth-order valence-electron chi connectivity index (χ4n) is 1.90. The molecule has 3 rings (SSSR count). The predicted octanol–water partition coefficient (Wildman–Crippen LogP) is 4.74. The molecule has 1 aromatic heterocycles. The van der Waals surface area contributed by atoms with Crippen LogP contribution in [0, 0.1) is 3.57 Å². The molecule has 0 fully saturated rings. The van der Waals surface area contributed by atoms with Gasteiger partial charge in [0.2, 0.25) is 0 Å². The average Bonchev–Trinajstić information content (AvgIpc) is 2.44. The van der Waals surface area contributed by atoms with Gasteiger partial charge in [-0.25, -0.2) is 9.97 Å². The number of nitrogens with zero attached hydrogens (tertiary/aromatic N) is 2. The first kappa shape index (κ1) is 12.8. The molecule has 0 atom stereocenters. The summed E-state index contributed by atoms with van der Waals surface area (Å²) >= 11 is 5.80. The van der Waals surface area contributed by atoms with E-state index in [4.69, 9.17) is 0 Å².